The van der Waals surface area contributed by atoms with Gasteiger partial charge in [-0.3, -0.25) is 4.79 Å². The van der Waals surface area contributed by atoms with E-state index >= 15 is 0 Å². The molecule has 0 aromatic carbocycles. The number of hydrogen-bond acceptors (Lipinski definition) is 2. The lowest BCUT2D eigenvalue weighted by Gasteiger charge is -2.18. The first kappa shape index (κ1) is 12.8. The molecule has 0 atom stereocenters. The fourth-order valence-corrected chi connectivity index (χ4v) is 1.63. The van der Waals surface area contributed by atoms with Gasteiger partial charge in [-0.25, -0.2) is 0 Å². The van der Waals surface area contributed by atoms with Gasteiger partial charge < -0.3 is 10.6 Å². The maximum atomic E-state index is 11.0. The second-order valence-corrected chi connectivity index (χ2v) is 4.18. The molecule has 0 radical (unpaired) electrons. The van der Waals surface area contributed by atoms with Crippen LogP contribution in [0.2, 0.25) is 0 Å². The van der Waals surface area contributed by atoms with Crippen LogP contribution < -0.4 is 10.6 Å². The first-order valence-corrected chi connectivity index (χ1v) is 6.08. The van der Waals surface area contributed by atoms with Crippen LogP contribution in [0.15, 0.2) is 23.9 Å². The van der Waals surface area contributed by atoms with Crippen LogP contribution in [0.5, 0.6) is 0 Å². The molecule has 1 fully saturated rings. The Balaban J connectivity index is 2.08. The lowest BCUT2D eigenvalue weighted by Crippen LogP contribution is -2.23. The Morgan fingerprint density at radius 3 is 3.00 bits per heavy atom. The lowest BCUT2D eigenvalue weighted by molar-refractivity contribution is -0.120. The number of carbonyl (C=O) groups excluding carboxylic acids is 1. The molecule has 1 aliphatic rings. The summed E-state index contributed by atoms with van der Waals surface area (Å²) in [6.07, 6.45) is 7.04. The van der Waals surface area contributed by atoms with Crippen molar-refractivity contribution in [3.63, 3.8) is 0 Å². The van der Waals surface area contributed by atoms with Crippen molar-refractivity contribution in [1.29, 1.82) is 0 Å². The third-order valence-electron chi connectivity index (χ3n) is 2.73. The van der Waals surface area contributed by atoms with Crippen molar-refractivity contribution in [2.75, 3.05) is 13.1 Å². The minimum atomic E-state index is 0.139. The molecule has 1 heterocycles. The van der Waals surface area contributed by atoms with Gasteiger partial charge in [-0.05, 0) is 25.7 Å². The van der Waals surface area contributed by atoms with Crippen LogP contribution in [0.1, 0.15) is 39.0 Å². The Kier molecular flexibility index (Phi) is 5.68. The molecule has 0 aromatic heterocycles. The second kappa shape index (κ2) is 7.09. The summed E-state index contributed by atoms with van der Waals surface area (Å²) in [5, 5.41) is 6.23. The van der Waals surface area contributed by atoms with Crippen molar-refractivity contribution < 1.29 is 4.79 Å². The first-order chi connectivity index (χ1) is 7.72. The Hall–Kier alpha value is -1.25. The van der Waals surface area contributed by atoms with Gasteiger partial charge in [0.05, 0.1) is 0 Å². The summed E-state index contributed by atoms with van der Waals surface area (Å²) in [6.45, 7) is 7.52. The Morgan fingerprint density at radius 1 is 1.56 bits per heavy atom. The van der Waals surface area contributed by atoms with Gasteiger partial charge in [-0.15, -0.1) is 0 Å². The number of carbonyl (C=O) groups is 1. The number of allylic oxidation sites excluding steroid dienone is 2. The van der Waals surface area contributed by atoms with Crippen LogP contribution in [0.3, 0.4) is 0 Å². The van der Waals surface area contributed by atoms with Gasteiger partial charge in [-0.1, -0.05) is 25.2 Å². The highest BCUT2D eigenvalue weighted by Gasteiger charge is 2.05. The van der Waals surface area contributed by atoms with Crippen molar-refractivity contribution >= 4 is 5.91 Å². The molecule has 0 spiro atoms. The number of hydrogen-bond donors (Lipinski definition) is 2. The van der Waals surface area contributed by atoms with E-state index in [9.17, 15) is 4.79 Å². The largest absolute Gasteiger partial charge is 0.385 e. The Bertz CT molecular complexity index is 270. The van der Waals surface area contributed by atoms with E-state index in [0.29, 0.717) is 6.42 Å². The summed E-state index contributed by atoms with van der Waals surface area (Å²) in [6, 6.07) is 0. The van der Waals surface area contributed by atoms with E-state index in [1.807, 2.05) is 6.92 Å². The molecule has 0 unspecified atom stereocenters. The van der Waals surface area contributed by atoms with E-state index in [1.54, 1.807) is 0 Å². The van der Waals surface area contributed by atoms with Crippen molar-refractivity contribution in [1.82, 2.24) is 10.6 Å². The van der Waals surface area contributed by atoms with Gasteiger partial charge in [0.15, 0.2) is 0 Å². The molecule has 16 heavy (non-hydrogen) atoms. The predicted molar refractivity (Wildman–Crippen MR) is 67.0 cm³/mol. The van der Waals surface area contributed by atoms with E-state index in [2.05, 4.69) is 23.3 Å². The number of amides is 1. The molecule has 1 aliphatic heterocycles. The first-order valence-electron chi connectivity index (χ1n) is 6.08. The maximum absolute atomic E-state index is 11.0. The molecular formula is C13H22N2O. The lowest BCUT2D eigenvalue weighted by atomic mass is 10.0. The standard InChI is InChI=1S/C13H22N2O/c1-3-13(16)14-9-5-4-6-12-8-7-11(2)10-15-12/h6,15H,2-5,7-10H2,1H3,(H,14,16)/b12-6-. The molecule has 1 amide bonds. The van der Waals surface area contributed by atoms with E-state index in [0.717, 1.165) is 38.8 Å². The second-order valence-electron chi connectivity index (χ2n) is 4.18. The zero-order valence-corrected chi connectivity index (χ0v) is 10.1. The number of nitrogens with one attached hydrogen (secondary N) is 2. The summed E-state index contributed by atoms with van der Waals surface area (Å²) < 4.78 is 0. The molecule has 1 saturated heterocycles. The van der Waals surface area contributed by atoms with Crippen LogP contribution in [-0.2, 0) is 4.79 Å². The van der Waals surface area contributed by atoms with Crippen LogP contribution in [-0.4, -0.2) is 19.0 Å². The Labute approximate surface area is 98.0 Å². The smallest absolute Gasteiger partial charge is 0.219 e. The average molecular weight is 222 g/mol. The van der Waals surface area contributed by atoms with Gasteiger partial charge >= 0.3 is 0 Å². The molecule has 3 heteroatoms. The van der Waals surface area contributed by atoms with Gasteiger partial charge in [0.1, 0.15) is 0 Å². The molecule has 0 saturated carbocycles. The van der Waals surface area contributed by atoms with Crippen molar-refractivity contribution in [2.45, 2.75) is 39.0 Å². The molecule has 0 bridgehead atoms. The average Bonchev–Trinajstić information content (AvgIpc) is 2.31. The predicted octanol–water partition coefficient (Wildman–Crippen LogP) is 2.12. The number of unbranched alkanes of at least 4 members (excludes halogenated alkanes) is 1. The zero-order valence-electron chi connectivity index (χ0n) is 10.1. The van der Waals surface area contributed by atoms with Gasteiger partial charge in [0.2, 0.25) is 5.91 Å². The summed E-state index contributed by atoms with van der Waals surface area (Å²) in [7, 11) is 0. The minimum Gasteiger partial charge on any atom is -0.385 e. The molecule has 90 valence electrons. The summed E-state index contributed by atoms with van der Waals surface area (Å²) in [5.41, 5.74) is 2.61. The fourth-order valence-electron chi connectivity index (χ4n) is 1.63. The topological polar surface area (TPSA) is 41.1 Å². The Morgan fingerprint density at radius 2 is 2.38 bits per heavy atom. The third-order valence-corrected chi connectivity index (χ3v) is 2.73. The van der Waals surface area contributed by atoms with Crippen LogP contribution in [0.4, 0.5) is 0 Å². The molecule has 0 aliphatic carbocycles. The van der Waals surface area contributed by atoms with E-state index in [4.69, 9.17) is 0 Å². The van der Waals surface area contributed by atoms with Crippen LogP contribution in [0.25, 0.3) is 0 Å². The van der Waals surface area contributed by atoms with Crippen molar-refractivity contribution in [3.8, 4) is 0 Å². The highest BCUT2D eigenvalue weighted by molar-refractivity contribution is 5.75. The molecule has 2 N–H and O–H groups in total. The molecular weight excluding hydrogens is 200 g/mol. The summed E-state index contributed by atoms with van der Waals surface area (Å²) >= 11 is 0. The van der Waals surface area contributed by atoms with Gasteiger partial charge in [0.25, 0.3) is 0 Å². The monoisotopic (exact) mass is 222 g/mol. The fraction of sp³-hybridized carbons (Fsp3) is 0.615. The molecule has 0 aromatic rings. The number of piperidine rings is 1. The van der Waals surface area contributed by atoms with Crippen LogP contribution in [0, 0.1) is 0 Å². The SMILES string of the molecule is C=C1CC/C(=C/CCCNC(=O)CC)NC1. The third kappa shape index (κ3) is 5.01. The highest BCUT2D eigenvalue weighted by Crippen LogP contribution is 2.14. The molecule has 1 rings (SSSR count). The van der Waals surface area contributed by atoms with E-state index < -0.39 is 0 Å². The summed E-state index contributed by atoms with van der Waals surface area (Å²) in [5.74, 6) is 0.139. The zero-order chi connectivity index (χ0) is 11.8. The maximum Gasteiger partial charge on any atom is 0.219 e. The van der Waals surface area contributed by atoms with Gasteiger partial charge in [0, 0.05) is 25.2 Å². The van der Waals surface area contributed by atoms with Gasteiger partial charge in [-0.2, -0.15) is 0 Å². The van der Waals surface area contributed by atoms with Crippen LogP contribution >= 0.6 is 0 Å². The van der Waals surface area contributed by atoms with Crippen molar-refractivity contribution in [3.05, 3.63) is 23.9 Å². The normalized spacial score (nSPS) is 18.3. The van der Waals surface area contributed by atoms with E-state index in [1.165, 1.54) is 11.3 Å². The quantitative estimate of drug-likeness (QED) is 0.552. The number of rotatable bonds is 5. The molecule has 3 nitrogen and oxygen atoms in total. The summed E-state index contributed by atoms with van der Waals surface area (Å²) in [4.78, 5) is 11.0. The minimum absolute atomic E-state index is 0.139. The van der Waals surface area contributed by atoms with E-state index in [-0.39, 0.29) is 5.91 Å². The van der Waals surface area contributed by atoms with Crippen molar-refractivity contribution in [2.24, 2.45) is 0 Å². The highest BCUT2D eigenvalue weighted by atomic mass is 16.1.